The highest BCUT2D eigenvalue weighted by atomic mass is 16.6. The zero-order valence-electron chi connectivity index (χ0n) is 6.58. The first-order chi connectivity index (χ1) is 5.25. The van der Waals surface area contributed by atoms with Crippen molar-refractivity contribution < 1.29 is 9.84 Å². The van der Waals surface area contributed by atoms with E-state index >= 15 is 0 Å². The molecule has 0 radical (unpaired) electrons. The number of hydrazine groups is 1. The summed E-state index contributed by atoms with van der Waals surface area (Å²) in [6, 6.07) is 0. The van der Waals surface area contributed by atoms with Crippen molar-refractivity contribution in [1.82, 2.24) is 10.9 Å². The first-order valence-electron chi connectivity index (χ1n) is 3.79. The molecule has 0 amide bonds. The average Bonchev–Trinajstić information content (AvgIpc) is 2.36. The van der Waals surface area contributed by atoms with Crippen molar-refractivity contribution in [3.8, 4) is 0 Å². The molecule has 0 spiro atoms. The summed E-state index contributed by atoms with van der Waals surface area (Å²) in [6.07, 6.45) is -0.992. The van der Waals surface area contributed by atoms with Gasteiger partial charge in [-0.25, -0.2) is 5.43 Å². The van der Waals surface area contributed by atoms with Crippen LogP contribution in [0.15, 0.2) is 0 Å². The Bertz CT molecular complexity index is 122. The molecular weight excluding hydrogens is 146 g/mol. The summed E-state index contributed by atoms with van der Waals surface area (Å²) >= 11 is 0. The zero-order valence-corrected chi connectivity index (χ0v) is 6.58. The lowest BCUT2D eigenvalue weighted by Gasteiger charge is -2.19. The second-order valence-corrected chi connectivity index (χ2v) is 2.56. The van der Waals surface area contributed by atoms with Crippen LogP contribution in [0, 0.1) is 5.92 Å². The molecule has 1 heterocycles. The third-order valence-electron chi connectivity index (χ3n) is 1.77. The molecule has 11 heavy (non-hydrogen) atoms. The third kappa shape index (κ3) is 2.11. The van der Waals surface area contributed by atoms with Crippen molar-refractivity contribution in [2.24, 2.45) is 11.7 Å². The molecule has 1 aliphatic rings. The van der Waals surface area contributed by atoms with Gasteiger partial charge in [0.25, 0.3) is 0 Å². The highest BCUT2D eigenvalue weighted by Crippen LogP contribution is 2.09. The monoisotopic (exact) mass is 161 g/mol. The Kier molecular flexibility index (Phi) is 3.22. The van der Waals surface area contributed by atoms with E-state index in [-0.39, 0.29) is 12.1 Å². The first kappa shape index (κ1) is 8.89. The van der Waals surface area contributed by atoms with Gasteiger partial charge < -0.3 is 15.6 Å². The topological polar surface area (TPSA) is 79.5 Å². The zero-order chi connectivity index (χ0) is 8.27. The van der Waals surface area contributed by atoms with Crippen molar-refractivity contribution in [2.45, 2.75) is 19.4 Å². The Balaban J connectivity index is 2.33. The Labute approximate surface area is 65.9 Å². The fourth-order valence-corrected chi connectivity index (χ4v) is 1.10. The SMILES string of the molecule is CCOC(O)C1CNNC1N. The van der Waals surface area contributed by atoms with E-state index in [1.165, 1.54) is 0 Å². The van der Waals surface area contributed by atoms with E-state index in [9.17, 15) is 5.11 Å². The molecule has 1 aliphatic heterocycles. The van der Waals surface area contributed by atoms with Gasteiger partial charge >= 0.3 is 0 Å². The largest absolute Gasteiger partial charge is 0.368 e. The minimum atomic E-state index is -0.766. The van der Waals surface area contributed by atoms with Crippen LogP contribution in [0.25, 0.3) is 0 Å². The molecule has 0 aromatic rings. The molecule has 5 nitrogen and oxygen atoms in total. The van der Waals surface area contributed by atoms with E-state index in [1.54, 1.807) is 0 Å². The molecular formula is C6H15N3O2. The fourth-order valence-electron chi connectivity index (χ4n) is 1.10. The predicted octanol–water partition coefficient (Wildman–Crippen LogP) is -1.65. The van der Waals surface area contributed by atoms with Crippen molar-refractivity contribution >= 4 is 0 Å². The average molecular weight is 161 g/mol. The van der Waals surface area contributed by atoms with Crippen LogP contribution in [0.5, 0.6) is 0 Å². The highest BCUT2D eigenvalue weighted by molar-refractivity contribution is 4.79. The number of rotatable bonds is 3. The van der Waals surface area contributed by atoms with Gasteiger partial charge in [-0.3, -0.25) is 5.43 Å². The van der Waals surface area contributed by atoms with E-state index in [2.05, 4.69) is 10.9 Å². The maximum absolute atomic E-state index is 9.34. The summed E-state index contributed by atoms with van der Waals surface area (Å²) in [7, 11) is 0. The quantitative estimate of drug-likeness (QED) is 0.373. The number of aliphatic hydroxyl groups is 1. The second kappa shape index (κ2) is 3.99. The second-order valence-electron chi connectivity index (χ2n) is 2.56. The molecule has 0 aromatic heterocycles. The maximum Gasteiger partial charge on any atom is 0.161 e. The molecule has 1 fully saturated rings. The number of hydrogen-bond acceptors (Lipinski definition) is 5. The standard InChI is InChI=1S/C6H15N3O2/c1-2-11-6(10)4-3-8-9-5(4)7/h4-6,8-10H,2-3,7H2,1H3. The number of nitrogens with one attached hydrogen (secondary N) is 2. The van der Waals surface area contributed by atoms with E-state index in [0.29, 0.717) is 13.2 Å². The fraction of sp³-hybridized carbons (Fsp3) is 1.00. The van der Waals surface area contributed by atoms with Crippen LogP contribution in [-0.4, -0.2) is 30.7 Å². The van der Waals surface area contributed by atoms with Crippen LogP contribution < -0.4 is 16.6 Å². The smallest absolute Gasteiger partial charge is 0.161 e. The highest BCUT2D eigenvalue weighted by Gasteiger charge is 2.30. The van der Waals surface area contributed by atoms with Crippen LogP contribution in [-0.2, 0) is 4.74 Å². The molecule has 0 saturated carbocycles. The summed E-state index contributed by atoms with van der Waals surface area (Å²) in [5, 5.41) is 9.34. The lowest BCUT2D eigenvalue weighted by atomic mass is 10.1. The third-order valence-corrected chi connectivity index (χ3v) is 1.77. The van der Waals surface area contributed by atoms with E-state index < -0.39 is 6.29 Å². The summed E-state index contributed by atoms with van der Waals surface area (Å²) in [5.74, 6) is -0.0602. The molecule has 1 rings (SSSR count). The van der Waals surface area contributed by atoms with Gasteiger partial charge in [0.05, 0.1) is 12.1 Å². The molecule has 0 aromatic carbocycles. The number of nitrogens with two attached hydrogens (primary N) is 1. The van der Waals surface area contributed by atoms with Gasteiger partial charge in [-0.1, -0.05) is 0 Å². The number of ether oxygens (including phenoxy) is 1. The lowest BCUT2D eigenvalue weighted by Crippen LogP contribution is -2.43. The van der Waals surface area contributed by atoms with E-state index in [1.807, 2.05) is 6.92 Å². The van der Waals surface area contributed by atoms with Gasteiger partial charge in [-0.2, -0.15) is 0 Å². The molecule has 5 N–H and O–H groups in total. The van der Waals surface area contributed by atoms with Crippen LogP contribution in [0.3, 0.4) is 0 Å². The summed E-state index contributed by atoms with van der Waals surface area (Å²) in [4.78, 5) is 0. The summed E-state index contributed by atoms with van der Waals surface area (Å²) in [5.41, 5.74) is 11.2. The molecule has 0 bridgehead atoms. The maximum atomic E-state index is 9.34. The van der Waals surface area contributed by atoms with Crippen molar-refractivity contribution in [3.63, 3.8) is 0 Å². The molecule has 66 valence electrons. The number of hydrogen-bond donors (Lipinski definition) is 4. The van der Waals surface area contributed by atoms with Crippen molar-refractivity contribution in [3.05, 3.63) is 0 Å². The van der Waals surface area contributed by atoms with Gasteiger partial charge in [-0.05, 0) is 6.92 Å². The molecule has 3 atom stereocenters. The van der Waals surface area contributed by atoms with Crippen LogP contribution in [0.1, 0.15) is 6.92 Å². The molecule has 5 heteroatoms. The Morgan fingerprint density at radius 2 is 2.55 bits per heavy atom. The van der Waals surface area contributed by atoms with Crippen LogP contribution >= 0.6 is 0 Å². The van der Waals surface area contributed by atoms with Crippen LogP contribution in [0.2, 0.25) is 0 Å². The Morgan fingerprint density at radius 3 is 3.00 bits per heavy atom. The summed E-state index contributed by atoms with van der Waals surface area (Å²) < 4.78 is 4.99. The Morgan fingerprint density at radius 1 is 1.82 bits per heavy atom. The lowest BCUT2D eigenvalue weighted by molar-refractivity contribution is -0.129. The predicted molar refractivity (Wildman–Crippen MR) is 40.2 cm³/mol. The van der Waals surface area contributed by atoms with E-state index in [0.717, 1.165) is 0 Å². The van der Waals surface area contributed by atoms with Gasteiger partial charge in [-0.15, -0.1) is 0 Å². The molecule has 3 unspecified atom stereocenters. The Hall–Kier alpha value is -0.200. The van der Waals surface area contributed by atoms with Crippen molar-refractivity contribution in [2.75, 3.05) is 13.2 Å². The minimum absolute atomic E-state index is 0.0602. The van der Waals surface area contributed by atoms with Gasteiger partial charge in [0, 0.05) is 13.2 Å². The molecule has 1 saturated heterocycles. The molecule has 0 aliphatic carbocycles. The number of aliphatic hydroxyl groups excluding tert-OH is 1. The summed E-state index contributed by atoms with van der Waals surface area (Å²) in [6.45, 7) is 2.98. The van der Waals surface area contributed by atoms with E-state index in [4.69, 9.17) is 10.5 Å². The normalized spacial score (nSPS) is 34.1. The van der Waals surface area contributed by atoms with Crippen molar-refractivity contribution in [1.29, 1.82) is 0 Å². The first-order valence-corrected chi connectivity index (χ1v) is 3.79. The van der Waals surface area contributed by atoms with Crippen LogP contribution in [0.4, 0.5) is 0 Å². The minimum Gasteiger partial charge on any atom is -0.368 e. The van der Waals surface area contributed by atoms with Gasteiger partial charge in [0.15, 0.2) is 6.29 Å². The van der Waals surface area contributed by atoms with Gasteiger partial charge in [0.2, 0.25) is 0 Å². The van der Waals surface area contributed by atoms with Gasteiger partial charge in [0.1, 0.15) is 0 Å².